The molecule has 0 unspecified atom stereocenters. The molecule has 0 aromatic carbocycles. The highest BCUT2D eigenvalue weighted by molar-refractivity contribution is 5.86. The summed E-state index contributed by atoms with van der Waals surface area (Å²) in [5, 5.41) is 8.42. The molecule has 0 fully saturated rings. The summed E-state index contributed by atoms with van der Waals surface area (Å²) in [5.41, 5.74) is 0.386. The van der Waals surface area contributed by atoms with E-state index < -0.39 is 5.97 Å². The molecule has 0 bridgehead atoms. The van der Waals surface area contributed by atoms with Crippen molar-refractivity contribution in [2.45, 2.75) is 13.3 Å². The van der Waals surface area contributed by atoms with Crippen LogP contribution in [0.25, 0.3) is 0 Å². The van der Waals surface area contributed by atoms with Gasteiger partial charge in [0.05, 0.1) is 19.8 Å². The van der Waals surface area contributed by atoms with Crippen molar-refractivity contribution < 1.29 is 24.1 Å². The highest BCUT2D eigenvalue weighted by Crippen LogP contribution is 1.92. The molecule has 1 N–H and O–H groups in total. The first-order valence-electron chi connectivity index (χ1n) is 5.27. The molecule has 0 aliphatic heterocycles. The zero-order valence-corrected chi connectivity index (χ0v) is 9.74. The molecule has 0 aromatic rings. The number of carbonyl (C=O) groups excluding carboxylic acids is 1. The average Bonchev–Trinajstić information content (AvgIpc) is 2.26. The number of rotatable bonds is 10. The van der Waals surface area contributed by atoms with Gasteiger partial charge in [-0.2, -0.15) is 0 Å². The molecule has 0 spiro atoms. The topological polar surface area (TPSA) is 65.0 Å². The van der Waals surface area contributed by atoms with Crippen LogP contribution in [-0.2, 0) is 19.0 Å². The smallest absolute Gasteiger partial charge is 0.333 e. The number of hydrogen-bond donors (Lipinski definition) is 1. The molecule has 0 aromatic heterocycles. The second-order valence-corrected chi connectivity index (χ2v) is 3.22. The summed E-state index contributed by atoms with van der Waals surface area (Å²) in [6, 6.07) is 0. The van der Waals surface area contributed by atoms with Crippen molar-refractivity contribution in [2.75, 3.05) is 39.6 Å². The number of aliphatic hydroxyl groups is 1. The molecule has 5 nitrogen and oxygen atoms in total. The van der Waals surface area contributed by atoms with Crippen molar-refractivity contribution in [3.8, 4) is 0 Å². The van der Waals surface area contributed by atoms with Gasteiger partial charge >= 0.3 is 5.97 Å². The van der Waals surface area contributed by atoms with Gasteiger partial charge in [-0.15, -0.1) is 0 Å². The monoisotopic (exact) mass is 232 g/mol. The minimum absolute atomic E-state index is 0.0394. The van der Waals surface area contributed by atoms with Gasteiger partial charge in [-0.1, -0.05) is 6.58 Å². The maximum absolute atomic E-state index is 10.9. The van der Waals surface area contributed by atoms with Gasteiger partial charge in [0.1, 0.15) is 6.61 Å². The van der Waals surface area contributed by atoms with E-state index >= 15 is 0 Å². The molecule has 94 valence electrons. The van der Waals surface area contributed by atoms with Gasteiger partial charge in [0.25, 0.3) is 0 Å². The first kappa shape index (κ1) is 15.1. The van der Waals surface area contributed by atoms with E-state index in [9.17, 15) is 4.79 Å². The molecule has 0 atom stereocenters. The zero-order chi connectivity index (χ0) is 12.2. The van der Waals surface area contributed by atoms with Crippen LogP contribution in [0.3, 0.4) is 0 Å². The summed E-state index contributed by atoms with van der Waals surface area (Å²) >= 11 is 0. The van der Waals surface area contributed by atoms with Gasteiger partial charge < -0.3 is 19.3 Å². The molecule has 5 heteroatoms. The molecule has 0 saturated heterocycles. The van der Waals surface area contributed by atoms with E-state index in [4.69, 9.17) is 19.3 Å². The fourth-order valence-electron chi connectivity index (χ4n) is 0.848. The second kappa shape index (κ2) is 10.6. The Morgan fingerprint density at radius 2 is 1.75 bits per heavy atom. The third kappa shape index (κ3) is 9.64. The summed E-state index contributed by atoms with van der Waals surface area (Å²) in [6.45, 7) is 7.18. The third-order valence-electron chi connectivity index (χ3n) is 1.62. The minimum atomic E-state index is -0.394. The first-order chi connectivity index (χ1) is 7.68. The quantitative estimate of drug-likeness (QED) is 0.338. The Morgan fingerprint density at radius 1 is 1.12 bits per heavy atom. The third-order valence-corrected chi connectivity index (χ3v) is 1.62. The van der Waals surface area contributed by atoms with Crippen LogP contribution in [0.2, 0.25) is 0 Å². The number of esters is 1. The number of hydrogen-bond acceptors (Lipinski definition) is 5. The molecule has 0 heterocycles. The molecule has 0 amide bonds. The van der Waals surface area contributed by atoms with E-state index in [-0.39, 0.29) is 13.2 Å². The van der Waals surface area contributed by atoms with E-state index in [2.05, 4.69) is 6.58 Å². The first-order valence-corrected chi connectivity index (χ1v) is 5.27. The highest BCUT2D eigenvalue weighted by atomic mass is 16.6. The number of carbonyl (C=O) groups is 1. The highest BCUT2D eigenvalue weighted by Gasteiger charge is 2.01. The van der Waals surface area contributed by atoms with Crippen LogP contribution in [0.1, 0.15) is 13.3 Å². The molecule has 0 radical (unpaired) electrons. The molecular weight excluding hydrogens is 212 g/mol. The van der Waals surface area contributed by atoms with Crippen LogP contribution >= 0.6 is 0 Å². The van der Waals surface area contributed by atoms with Crippen LogP contribution < -0.4 is 0 Å². The van der Waals surface area contributed by atoms with Crippen molar-refractivity contribution in [1.82, 2.24) is 0 Å². The van der Waals surface area contributed by atoms with Gasteiger partial charge in [0.2, 0.25) is 0 Å². The Balaban J connectivity index is 3.10. The van der Waals surface area contributed by atoms with E-state index in [1.54, 1.807) is 6.92 Å². The van der Waals surface area contributed by atoms with Gasteiger partial charge in [-0.25, -0.2) is 4.79 Å². The van der Waals surface area contributed by atoms with Crippen LogP contribution in [0, 0.1) is 0 Å². The SMILES string of the molecule is C=C(C)C(=O)OCCOCCCOCCO. The van der Waals surface area contributed by atoms with Gasteiger partial charge in [0, 0.05) is 18.8 Å². The largest absolute Gasteiger partial charge is 0.460 e. The fraction of sp³-hybridized carbons (Fsp3) is 0.727. The maximum Gasteiger partial charge on any atom is 0.333 e. The van der Waals surface area contributed by atoms with E-state index in [0.29, 0.717) is 32.0 Å². The van der Waals surface area contributed by atoms with E-state index in [1.807, 2.05) is 0 Å². The van der Waals surface area contributed by atoms with Crippen molar-refractivity contribution in [3.05, 3.63) is 12.2 Å². The fourth-order valence-corrected chi connectivity index (χ4v) is 0.848. The molecule has 16 heavy (non-hydrogen) atoms. The van der Waals surface area contributed by atoms with Crippen LogP contribution in [0.15, 0.2) is 12.2 Å². The van der Waals surface area contributed by atoms with Gasteiger partial charge in [0.15, 0.2) is 0 Å². The lowest BCUT2D eigenvalue weighted by atomic mass is 10.4. The number of ether oxygens (including phenoxy) is 3. The molecule has 0 aliphatic rings. The van der Waals surface area contributed by atoms with Crippen LogP contribution in [0.4, 0.5) is 0 Å². The predicted octanol–water partition coefficient (Wildman–Crippen LogP) is 0.521. The molecular formula is C11H20O5. The van der Waals surface area contributed by atoms with Crippen LogP contribution in [0.5, 0.6) is 0 Å². The lowest BCUT2D eigenvalue weighted by Gasteiger charge is -2.06. The Hall–Kier alpha value is -0.910. The summed E-state index contributed by atoms with van der Waals surface area (Å²) < 4.78 is 15.0. The summed E-state index contributed by atoms with van der Waals surface area (Å²) in [7, 11) is 0. The predicted molar refractivity (Wildman–Crippen MR) is 59.1 cm³/mol. The minimum Gasteiger partial charge on any atom is -0.460 e. The maximum atomic E-state index is 10.9. The normalized spacial score (nSPS) is 10.1. The van der Waals surface area contributed by atoms with Gasteiger partial charge in [-0.05, 0) is 13.3 Å². The lowest BCUT2D eigenvalue weighted by molar-refractivity contribution is -0.140. The average molecular weight is 232 g/mol. The Kier molecular flexibility index (Phi) is 10.00. The van der Waals surface area contributed by atoms with E-state index in [1.165, 1.54) is 0 Å². The lowest BCUT2D eigenvalue weighted by Crippen LogP contribution is -2.12. The Morgan fingerprint density at radius 3 is 2.31 bits per heavy atom. The Labute approximate surface area is 96.0 Å². The van der Waals surface area contributed by atoms with Crippen LogP contribution in [-0.4, -0.2) is 50.7 Å². The zero-order valence-electron chi connectivity index (χ0n) is 9.74. The molecule has 0 saturated carbocycles. The van der Waals surface area contributed by atoms with Crippen molar-refractivity contribution >= 4 is 5.97 Å². The standard InChI is InChI=1S/C11H20O5/c1-10(2)11(13)16-9-8-15-6-3-5-14-7-4-12/h12H,1,3-9H2,2H3. The van der Waals surface area contributed by atoms with Crippen molar-refractivity contribution in [1.29, 1.82) is 0 Å². The summed E-state index contributed by atoms with van der Waals surface area (Å²) in [5.74, 6) is -0.394. The second-order valence-electron chi connectivity index (χ2n) is 3.22. The molecule has 0 rings (SSSR count). The van der Waals surface area contributed by atoms with Gasteiger partial charge in [-0.3, -0.25) is 0 Å². The summed E-state index contributed by atoms with van der Waals surface area (Å²) in [4.78, 5) is 10.9. The summed E-state index contributed by atoms with van der Waals surface area (Å²) in [6.07, 6.45) is 0.758. The van der Waals surface area contributed by atoms with Crippen molar-refractivity contribution in [3.63, 3.8) is 0 Å². The van der Waals surface area contributed by atoms with Crippen molar-refractivity contribution in [2.24, 2.45) is 0 Å². The van der Waals surface area contributed by atoms with E-state index in [0.717, 1.165) is 6.42 Å². The Bertz CT molecular complexity index is 203. The molecule has 0 aliphatic carbocycles. The number of aliphatic hydroxyl groups excluding tert-OH is 1.